The van der Waals surface area contributed by atoms with Crippen molar-refractivity contribution in [1.82, 2.24) is 4.98 Å². The summed E-state index contributed by atoms with van der Waals surface area (Å²) in [5, 5.41) is 11.8. The molecule has 1 aromatic heterocycles. The van der Waals surface area contributed by atoms with E-state index in [2.05, 4.69) is 10.3 Å². The average molecular weight is 337 g/mol. The largest absolute Gasteiger partial charge is 0.477 e. The van der Waals surface area contributed by atoms with Crippen LogP contribution in [0.25, 0.3) is 0 Å². The number of carboxylic acids is 1. The van der Waals surface area contributed by atoms with Gasteiger partial charge in [0.25, 0.3) is 0 Å². The summed E-state index contributed by atoms with van der Waals surface area (Å²) in [6.45, 7) is 1.71. The average Bonchev–Trinajstić information content (AvgIpc) is 2.77. The van der Waals surface area contributed by atoms with E-state index in [4.69, 9.17) is 16.7 Å². The highest BCUT2D eigenvalue weighted by molar-refractivity contribution is 7.17. The lowest BCUT2D eigenvalue weighted by molar-refractivity contribution is -0.141. The Balaban J connectivity index is 2.39. The number of hydrogen-bond acceptors (Lipinski definition) is 4. The van der Waals surface area contributed by atoms with Crippen molar-refractivity contribution < 1.29 is 23.1 Å². The van der Waals surface area contributed by atoms with Crippen LogP contribution in [0.3, 0.4) is 0 Å². The maximum atomic E-state index is 12.7. The maximum absolute atomic E-state index is 12.7. The molecule has 0 aliphatic heterocycles. The molecular weight excluding hydrogens is 329 g/mol. The number of thiazole rings is 1. The van der Waals surface area contributed by atoms with Gasteiger partial charge in [0.1, 0.15) is 4.88 Å². The number of benzene rings is 1. The highest BCUT2D eigenvalue weighted by atomic mass is 35.5. The first-order valence-electron chi connectivity index (χ1n) is 5.53. The second kappa shape index (κ2) is 5.53. The van der Waals surface area contributed by atoms with Crippen molar-refractivity contribution in [3.63, 3.8) is 0 Å². The fourth-order valence-corrected chi connectivity index (χ4v) is 2.66. The summed E-state index contributed by atoms with van der Waals surface area (Å²) in [4.78, 5) is 13.4. The maximum Gasteiger partial charge on any atom is 0.435 e. The third kappa shape index (κ3) is 3.45. The summed E-state index contributed by atoms with van der Waals surface area (Å²) < 4.78 is 38.2. The van der Waals surface area contributed by atoms with Gasteiger partial charge in [-0.25, -0.2) is 9.78 Å². The van der Waals surface area contributed by atoms with Crippen LogP contribution in [0, 0.1) is 6.92 Å². The number of hydrogen-bond donors (Lipinski definition) is 2. The van der Waals surface area contributed by atoms with Crippen LogP contribution in [-0.4, -0.2) is 16.1 Å². The van der Waals surface area contributed by atoms with Crippen LogP contribution in [-0.2, 0) is 6.18 Å². The van der Waals surface area contributed by atoms with Gasteiger partial charge in [0.2, 0.25) is 0 Å². The molecule has 1 heterocycles. The number of carbonyl (C=O) groups is 1. The molecule has 0 aliphatic rings. The molecule has 0 aliphatic carbocycles. The molecule has 0 saturated heterocycles. The number of aryl methyl sites for hydroxylation is 1. The molecule has 0 spiro atoms. The van der Waals surface area contributed by atoms with E-state index < -0.39 is 22.7 Å². The van der Waals surface area contributed by atoms with Crippen molar-refractivity contribution in [2.75, 3.05) is 5.32 Å². The van der Waals surface area contributed by atoms with Crippen molar-refractivity contribution in [3.05, 3.63) is 39.4 Å². The number of carboxylic acid groups (broad SMARTS) is 1. The smallest absolute Gasteiger partial charge is 0.435 e. The Morgan fingerprint density at radius 2 is 2.10 bits per heavy atom. The first-order valence-corrected chi connectivity index (χ1v) is 6.72. The highest BCUT2D eigenvalue weighted by Crippen LogP contribution is 2.37. The van der Waals surface area contributed by atoms with E-state index in [-0.39, 0.29) is 5.13 Å². The molecule has 0 unspecified atom stereocenters. The summed E-state index contributed by atoms with van der Waals surface area (Å²) in [6.07, 6.45) is -4.82. The van der Waals surface area contributed by atoms with Gasteiger partial charge < -0.3 is 10.4 Å². The number of aromatic nitrogens is 1. The van der Waals surface area contributed by atoms with Crippen LogP contribution in [0.1, 0.15) is 20.9 Å². The van der Waals surface area contributed by atoms with Crippen molar-refractivity contribution in [3.8, 4) is 0 Å². The molecule has 112 valence electrons. The predicted octanol–water partition coefficient (Wildman–Crippen LogP) is 4.57. The minimum atomic E-state index is -4.82. The molecule has 0 fully saturated rings. The van der Waals surface area contributed by atoms with Crippen molar-refractivity contribution in [2.45, 2.75) is 13.1 Å². The second-order valence-electron chi connectivity index (χ2n) is 4.08. The Labute approximate surface area is 126 Å². The predicted molar refractivity (Wildman–Crippen MR) is 73.5 cm³/mol. The summed E-state index contributed by atoms with van der Waals surface area (Å²) in [7, 11) is 0. The Bertz CT molecular complexity index is 700. The lowest BCUT2D eigenvalue weighted by atomic mass is 10.2. The van der Waals surface area contributed by atoms with Gasteiger partial charge in [0.05, 0.1) is 0 Å². The highest BCUT2D eigenvalue weighted by Gasteiger charge is 2.39. The zero-order valence-electron chi connectivity index (χ0n) is 10.5. The lowest BCUT2D eigenvalue weighted by Crippen LogP contribution is -2.11. The van der Waals surface area contributed by atoms with E-state index in [1.807, 2.05) is 0 Å². The van der Waals surface area contributed by atoms with Gasteiger partial charge in [0.15, 0.2) is 10.8 Å². The van der Waals surface area contributed by atoms with Gasteiger partial charge in [-0.1, -0.05) is 22.9 Å². The third-order valence-electron chi connectivity index (χ3n) is 2.52. The molecule has 2 N–H and O–H groups in total. The van der Waals surface area contributed by atoms with Gasteiger partial charge in [0, 0.05) is 10.7 Å². The number of rotatable bonds is 3. The van der Waals surface area contributed by atoms with E-state index in [1.165, 1.54) is 0 Å². The molecule has 9 heteroatoms. The molecule has 21 heavy (non-hydrogen) atoms. The molecule has 4 nitrogen and oxygen atoms in total. The second-order valence-corrected chi connectivity index (χ2v) is 5.52. The fraction of sp³-hybridized carbons (Fsp3) is 0.167. The quantitative estimate of drug-likeness (QED) is 0.862. The molecule has 0 amide bonds. The zero-order chi connectivity index (χ0) is 15.8. The Hall–Kier alpha value is -1.80. The number of halogens is 4. The molecule has 0 bridgehead atoms. The number of nitrogens with zero attached hydrogens (tertiary/aromatic N) is 1. The monoisotopic (exact) mass is 336 g/mol. The van der Waals surface area contributed by atoms with Crippen LogP contribution in [0.5, 0.6) is 0 Å². The van der Waals surface area contributed by atoms with Crippen molar-refractivity contribution >= 4 is 39.7 Å². The van der Waals surface area contributed by atoms with E-state index in [0.29, 0.717) is 27.6 Å². The van der Waals surface area contributed by atoms with E-state index in [1.54, 1.807) is 25.1 Å². The van der Waals surface area contributed by atoms with Crippen molar-refractivity contribution in [1.29, 1.82) is 0 Å². The van der Waals surface area contributed by atoms with Crippen molar-refractivity contribution in [2.24, 2.45) is 0 Å². The molecule has 0 radical (unpaired) electrons. The molecule has 0 saturated carbocycles. The van der Waals surface area contributed by atoms with E-state index in [0.717, 1.165) is 0 Å². The topological polar surface area (TPSA) is 62.2 Å². The Morgan fingerprint density at radius 3 is 2.57 bits per heavy atom. The summed E-state index contributed by atoms with van der Waals surface area (Å²) in [5.74, 6) is -1.67. The third-order valence-corrected chi connectivity index (χ3v) is 3.71. The minimum absolute atomic E-state index is 0.148. The number of nitrogens with one attached hydrogen (secondary N) is 1. The van der Waals surface area contributed by atoms with Gasteiger partial charge in [-0.2, -0.15) is 13.2 Å². The first-order chi connectivity index (χ1) is 9.68. The molecule has 2 rings (SSSR count). The van der Waals surface area contributed by atoms with Crippen LogP contribution >= 0.6 is 22.9 Å². The standard InChI is InChI=1S/C12H8ClF3N2O2S/c1-5-4-6(13)2-3-7(5)17-11-18-9(12(14,15)16)8(21-11)10(19)20/h2-4H,1H3,(H,17,18)(H,19,20). The van der Waals surface area contributed by atoms with Crippen LogP contribution in [0.15, 0.2) is 18.2 Å². The van der Waals surface area contributed by atoms with Crippen LogP contribution in [0.4, 0.5) is 24.0 Å². The Morgan fingerprint density at radius 1 is 1.43 bits per heavy atom. The first kappa shape index (κ1) is 15.6. The number of anilines is 2. The van der Waals surface area contributed by atoms with Gasteiger partial charge in [-0.3, -0.25) is 0 Å². The summed E-state index contributed by atoms with van der Waals surface area (Å²) in [6, 6.07) is 4.76. The van der Waals surface area contributed by atoms with E-state index in [9.17, 15) is 18.0 Å². The van der Waals surface area contributed by atoms with Gasteiger partial charge in [-0.15, -0.1) is 0 Å². The normalized spacial score (nSPS) is 11.5. The molecule has 1 aromatic carbocycles. The van der Waals surface area contributed by atoms with Crippen LogP contribution < -0.4 is 5.32 Å². The molecule has 0 atom stereocenters. The number of alkyl halides is 3. The summed E-state index contributed by atoms with van der Waals surface area (Å²) >= 11 is 6.21. The molecular formula is C12H8ClF3N2O2S. The number of aromatic carboxylic acids is 1. The van der Waals surface area contributed by atoms with Gasteiger partial charge >= 0.3 is 12.1 Å². The van der Waals surface area contributed by atoms with Crippen LogP contribution in [0.2, 0.25) is 5.02 Å². The molecule has 2 aromatic rings. The summed E-state index contributed by atoms with van der Waals surface area (Å²) in [5.41, 5.74) is -0.212. The Kier molecular flexibility index (Phi) is 4.11. The zero-order valence-corrected chi connectivity index (χ0v) is 12.0. The lowest BCUT2D eigenvalue weighted by Gasteiger charge is -2.06. The SMILES string of the molecule is Cc1cc(Cl)ccc1Nc1nc(C(F)(F)F)c(C(=O)O)s1. The van der Waals surface area contributed by atoms with E-state index >= 15 is 0 Å². The minimum Gasteiger partial charge on any atom is -0.477 e. The van der Waals surface area contributed by atoms with Gasteiger partial charge in [-0.05, 0) is 30.7 Å². The fourth-order valence-electron chi connectivity index (χ4n) is 1.59.